The Labute approximate surface area is 109 Å². The van der Waals surface area contributed by atoms with Crippen LogP contribution in [0, 0.1) is 4.64 Å². The molecule has 0 unspecified atom stereocenters. The van der Waals surface area contributed by atoms with Crippen molar-refractivity contribution in [3.63, 3.8) is 0 Å². The van der Waals surface area contributed by atoms with Gasteiger partial charge < -0.3 is 0 Å². The van der Waals surface area contributed by atoms with Crippen LogP contribution in [0.25, 0.3) is 11.0 Å². The Morgan fingerprint density at radius 2 is 1.89 bits per heavy atom. The largest absolute Gasteiger partial charge is 0.273 e. The van der Waals surface area contributed by atoms with E-state index < -0.39 is 11.8 Å². The molecule has 0 bridgehead atoms. The van der Waals surface area contributed by atoms with Crippen LogP contribution in [0.5, 0.6) is 0 Å². The van der Waals surface area contributed by atoms with E-state index in [2.05, 4.69) is 4.98 Å². The lowest BCUT2D eigenvalue weighted by molar-refractivity contribution is -0.126. The second kappa shape index (κ2) is 4.66. The first-order valence-corrected chi connectivity index (χ1v) is 5.71. The molecule has 2 rings (SSSR count). The number of carbonyl (C=O) groups is 2. The highest BCUT2D eigenvalue weighted by Crippen LogP contribution is 2.12. The van der Waals surface area contributed by atoms with Gasteiger partial charge in [0.2, 0.25) is 11.8 Å². The Morgan fingerprint density at radius 3 is 2.50 bits per heavy atom. The maximum absolute atomic E-state index is 11.6. The fourth-order valence-electron chi connectivity index (χ4n) is 1.75. The number of hydrogen-bond donors (Lipinski definition) is 0. The molecule has 2 aromatic rings. The zero-order valence-corrected chi connectivity index (χ0v) is 10.8. The van der Waals surface area contributed by atoms with Gasteiger partial charge in [-0.25, -0.2) is 9.66 Å². The zero-order chi connectivity index (χ0) is 13.3. The molecule has 0 aromatic carbocycles. The molecule has 0 aliphatic carbocycles. The number of fused-ring (bicyclic) bond motifs is 1. The molecule has 0 N–H and O–H groups in total. The highest BCUT2D eigenvalue weighted by atomic mass is 32.1. The lowest BCUT2D eigenvalue weighted by Crippen LogP contribution is -2.43. The van der Waals surface area contributed by atoms with Crippen molar-refractivity contribution in [2.75, 3.05) is 5.01 Å². The standard InChI is InChI=1S/C12H11N3O2S/c1-8(16)14(9(2)17)15-11(18)6-5-10-4-3-7-13-12(10)15/h3-7H,1-2H3. The molecule has 0 saturated heterocycles. The summed E-state index contributed by atoms with van der Waals surface area (Å²) in [6.45, 7) is 2.62. The molecule has 92 valence electrons. The van der Waals surface area contributed by atoms with E-state index in [1.54, 1.807) is 24.4 Å². The molecule has 6 heteroatoms. The topological polar surface area (TPSA) is 55.2 Å². The third-order valence-electron chi connectivity index (χ3n) is 2.43. The van der Waals surface area contributed by atoms with E-state index in [-0.39, 0.29) is 0 Å². The molecule has 0 fully saturated rings. The summed E-state index contributed by atoms with van der Waals surface area (Å²) in [5.41, 5.74) is 0.482. The molecule has 0 aliphatic rings. The summed E-state index contributed by atoms with van der Waals surface area (Å²) in [6, 6.07) is 7.09. The Balaban J connectivity index is 2.84. The van der Waals surface area contributed by atoms with Crippen molar-refractivity contribution in [2.45, 2.75) is 13.8 Å². The molecule has 0 spiro atoms. The molecule has 0 atom stereocenters. The Morgan fingerprint density at radius 1 is 1.22 bits per heavy atom. The smallest absolute Gasteiger partial charge is 0.245 e. The van der Waals surface area contributed by atoms with Crippen molar-refractivity contribution in [3.8, 4) is 0 Å². The highest BCUT2D eigenvalue weighted by molar-refractivity contribution is 7.71. The predicted molar refractivity (Wildman–Crippen MR) is 70.1 cm³/mol. The van der Waals surface area contributed by atoms with Crippen molar-refractivity contribution in [3.05, 3.63) is 35.1 Å². The van der Waals surface area contributed by atoms with Gasteiger partial charge in [-0.15, -0.1) is 0 Å². The molecule has 0 radical (unpaired) electrons. The van der Waals surface area contributed by atoms with Crippen LogP contribution in [-0.4, -0.2) is 21.5 Å². The normalized spacial score (nSPS) is 10.3. The van der Waals surface area contributed by atoms with Crippen molar-refractivity contribution in [2.24, 2.45) is 0 Å². The molecule has 2 heterocycles. The van der Waals surface area contributed by atoms with Gasteiger partial charge >= 0.3 is 0 Å². The van der Waals surface area contributed by atoms with E-state index in [1.807, 2.05) is 6.07 Å². The van der Waals surface area contributed by atoms with E-state index in [1.165, 1.54) is 18.5 Å². The fourth-order valence-corrected chi connectivity index (χ4v) is 1.99. The predicted octanol–water partition coefficient (Wildman–Crippen LogP) is 1.80. The molecule has 2 amide bonds. The van der Waals surface area contributed by atoms with Gasteiger partial charge in [0.15, 0.2) is 5.65 Å². The van der Waals surface area contributed by atoms with Gasteiger partial charge in [-0.05, 0) is 24.3 Å². The first-order valence-electron chi connectivity index (χ1n) is 5.30. The SMILES string of the molecule is CC(=O)N(C(C)=O)n1c(=S)ccc2cccnc21. The Kier molecular flexibility index (Phi) is 3.20. The lowest BCUT2D eigenvalue weighted by atomic mass is 10.3. The molecule has 18 heavy (non-hydrogen) atoms. The Hall–Kier alpha value is -2.08. The molecule has 2 aromatic heterocycles. The van der Waals surface area contributed by atoms with Crippen molar-refractivity contribution in [1.29, 1.82) is 0 Å². The number of aromatic nitrogens is 2. The van der Waals surface area contributed by atoms with Crippen molar-refractivity contribution in [1.82, 2.24) is 9.66 Å². The van der Waals surface area contributed by atoms with Crippen LogP contribution in [0.1, 0.15) is 13.8 Å². The van der Waals surface area contributed by atoms with Gasteiger partial charge in [0.05, 0.1) is 0 Å². The van der Waals surface area contributed by atoms with Gasteiger partial charge in [0.1, 0.15) is 4.64 Å². The molecular formula is C12H11N3O2S. The molecule has 0 aliphatic heterocycles. The third-order valence-corrected chi connectivity index (χ3v) is 2.74. The fraction of sp³-hybridized carbons (Fsp3) is 0.167. The first kappa shape index (κ1) is 12.4. The summed E-state index contributed by atoms with van der Waals surface area (Å²) in [5, 5.41) is 1.79. The van der Waals surface area contributed by atoms with Gasteiger partial charge in [-0.3, -0.25) is 9.59 Å². The average molecular weight is 261 g/mol. The maximum Gasteiger partial charge on any atom is 0.245 e. The third kappa shape index (κ3) is 2.02. The van der Waals surface area contributed by atoms with E-state index in [0.29, 0.717) is 10.3 Å². The van der Waals surface area contributed by atoms with Crippen LogP contribution in [-0.2, 0) is 9.59 Å². The van der Waals surface area contributed by atoms with E-state index in [9.17, 15) is 9.59 Å². The summed E-state index contributed by atoms with van der Waals surface area (Å²) in [7, 11) is 0. The Bertz CT molecular complexity index is 679. The lowest BCUT2D eigenvalue weighted by Gasteiger charge is -2.21. The summed E-state index contributed by atoms with van der Waals surface area (Å²) in [6.07, 6.45) is 1.59. The van der Waals surface area contributed by atoms with Crippen LogP contribution in [0.3, 0.4) is 0 Å². The molecule has 5 nitrogen and oxygen atoms in total. The van der Waals surface area contributed by atoms with E-state index in [0.717, 1.165) is 10.4 Å². The van der Waals surface area contributed by atoms with Crippen LogP contribution >= 0.6 is 12.2 Å². The number of pyridine rings is 2. The zero-order valence-electron chi connectivity index (χ0n) is 9.95. The number of carbonyl (C=O) groups excluding carboxylic acids is 2. The molecule has 0 saturated carbocycles. The average Bonchev–Trinajstić information content (AvgIpc) is 2.31. The monoisotopic (exact) mass is 261 g/mol. The number of nitrogens with zero attached hydrogens (tertiary/aromatic N) is 3. The summed E-state index contributed by atoms with van der Waals surface area (Å²) in [5.74, 6) is -0.812. The van der Waals surface area contributed by atoms with Crippen LogP contribution < -0.4 is 5.01 Å². The maximum atomic E-state index is 11.6. The van der Waals surface area contributed by atoms with Crippen molar-refractivity contribution < 1.29 is 9.59 Å². The second-order valence-corrected chi connectivity index (χ2v) is 4.17. The van der Waals surface area contributed by atoms with Gasteiger partial charge in [0.25, 0.3) is 0 Å². The van der Waals surface area contributed by atoms with Crippen LogP contribution in [0.4, 0.5) is 0 Å². The first-order chi connectivity index (χ1) is 8.52. The summed E-state index contributed by atoms with van der Waals surface area (Å²) < 4.78 is 1.71. The number of rotatable bonds is 1. The van der Waals surface area contributed by atoms with Gasteiger partial charge in [0, 0.05) is 25.4 Å². The van der Waals surface area contributed by atoms with E-state index >= 15 is 0 Å². The highest BCUT2D eigenvalue weighted by Gasteiger charge is 2.18. The van der Waals surface area contributed by atoms with E-state index in [4.69, 9.17) is 12.2 Å². The second-order valence-electron chi connectivity index (χ2n) is 3.75. The van der Waals surface area contributed by atoms with Crippen LogP contribution in [0.15, 0.2) is 30.5 Å². The molecular weight excluding hydrogens is 250 g/mol. The summed E-state index contributed by atoms with van der Waals surface area (Å²) in [4.78, 5) is 27.4. The number of hydrogen-bond acceptors (Lipinski definition) is 4. The quantitative estimate of drug-likeness (QED) is 0.734. The van der Waals surface area contributed by atoms with Gasteiger partial charge in [-0.2, -0.15) is 5.01 Å². The summed E-state index contributed by atoms with van der Waals surface area (Å²) >= 11 is 5.17. The van der Waals surface area contributed by atoms with Gasteiger partial charge in [-0.1, -0.05) is 12.2 Å². The minimum Gasteiger partial charge on any atom is -0.273 e. The number of amides is 2. The minimum atomic E-state index is -0.406. The van der Waals surface area contributed by atoms with Crippen molar-refractivity contribution >= 4 is 35.1 Å². The minimum absolute atomic E-state index is 0.353. The van der Waals surface area contributed by atoms with Crippen LogP contribution in [0.2, 0.25) is 0 Å². The number of imide groups is 1.